The highest BCUT2D eigenvalue weighted by molar-refractivity contribution is 6.02. The van der Waals surface area contributed by atoms with Crippen molar-refractivity contribution in [2.24, 2.45) is 7.05 Å². The molecule has 154 valence electrons. The van der Waals surface area contributed by atoms with Crippen LogP contribution in [0.15, 0.2) is 84.9 Å². The highest BCUT2D eigenvalue weighted by Gasteiger charge is 2.06. The van der Waals surface area contributed by atoms with Crippen molar-refractivity contribution in [3.8, 4) is 17.1 Å². The molecule has 4 rings (SSSR count). The number of tetrazole rings is 1. The van der Waals surface area contributed by atoms with Gasteiger partial charge in [0.25, 0.3) is 0 Å². The van der Waals surface area contributed by atoms with E-state index >= 15 is 0 Å². The fraction of sp³-hybridized carbons (Fsp3) is 0.0833. The quantitative estimate of drug-likeness (QED) is 0.463. The molecule has 0 spiro atoms. The minimum atomic E-state index is -0.219. The van der Waals surface area contributed by atoms with Crippen LogP contribution < -0.4 is 10.1 Å². The van der Waals surface area contributed by atoms with Gasteiger partial charge in [-0.25, -0.2) is 4.68 Å². The molecule has 0 aliphatic carbocycles. The molecule has 1 aromatic heterocycles. The Balaban J connectivity index is 1.34. The van der Waals surface area contributed by atoms with Gasteiger partial charge in [0.2, 0.25) is 5.91 Å². The van der Waals surface area contributed by atoms with Gasteiger partial charge in [0.1, 0.15) is 12.4 Å². The molecule has 0 saturated heterocycles. The number of nitrogens with zero attached hydrogens (tertiary/aromatic N) is 4. The van der Waals surface area contributed by atoms with E-state index in [1.54, 1.807) is 17.8 Å². The molecule has 1 N–H and O–H groups in total. The second kappa shape index (κ2) is 9.49. The highest BCUT2D eigenvalue weighted by Crippen LogP contribution is 2.19. The Labute approximate surface area is 180 Å². The van der Waals surface area contributed by atoms with Crippen molar-refractivity contribution in [1.82, 2.24) is 20.2 Å². The number of hydrogen-bond acceptors (Lipinski definition) is 5. The standard InChI is InChI=1S/C24H21N5O2/c1-29-24(26-27-28-29)20-11-13-21(14-12-20)25-23(30)15-10-18-8-5-9-22(16-18)31-17-19-6-3-2-4-7-19/h2-16H,17H2,1H3,(H,25,30)/b15-10+. The molecule has 0 atom stereocenters. The molecule has 7 nitrogen and oxygen atoms in total. The Bertz CT molecular complexity index is 1180. The van der Waals surface area contributed by atoms with Crippen molar-refractivity contribution in [1.29, 1.82) is 0 Å². The lowest BCUT2D eigenvalue weighted by molar-refractivity contribution is -0.111. The van der Waals surface area contributed by atoms with Crippen molar-refractivity contribution in [3.05, 3.63) is 96.1 Å². The van der Waals surface area contributed by atoms with Gasteiger partial charge >= 0.3 is 0 Å². The Hall–Kier alpha value is -4.26. The number of ether oxygens (including phenoxy) is 1. The fourth-order valence-electron chi connectivity index (χ4n) is 2.98. The van der Waals surface area contributed by atoms with E-state index < -0.39 is 0 Å². The van der Waals surface area contributed by atoms with E-state index in [-0.39, 0.29) is 5.91 Å². The molecule has 3 aromatic carbocycles. The molecule has 1 amide bonds. The summed E-state index contributed by atoms with van der Waals surface area (Å²) in [5.41, 5.74) is 3.54. The van der Waals surface area contributed by atoms with Crippen LogP contribution in [0.3, 0.4) is 0 Å². The lowest BCUT2D eigenvalue weighted by Gasteiger charge is -2.07. The van der Waals surface area contributed by atoms with E-state index in [4.69, 9.17) is 4.74 Å². The van der Waals surface area contributed by atoms with Crippen molar-refractivity contribution in [2.45, 2.75) is 6.61 Å². The average Bonchev–Trinajstić information content (AvgIpc) is 3.24. The summed E-state index contributed by atoms with van der Waals surface area (Å²) in [7, 11) is 1.78. The molecule has 7 heteroatoms. The van der Waals surface area contributed by atoms with Crippen LogP contribution in [0.4, 0.5) is 5.69 Å². The van der Waals surface area contributed by atoms with E-state index in [0.717, 1.165) is 22.4 Å². The molecule has 0 fully saturated rings. The fourth-order valence-corrected chi connectivity index (χ4v) is 2.98. The Morgan fingerprint density at radius 3 is 2.58 bits per heavy atom. The lowest BCUT2D eigenvalue weighted by atomic mass is 10.2. The van der Waals surface area contributed by atoms with Gasteiger partial charge in [0, 0.05) is 24.4 Å². The first-order valence-corrected chi connectivity index (χ1v) is 9.76. The number of amides is 1. The molecular formula is C24H21N5O2. The molecule has 0 saturated carbocycles. The number of carbonyl (C=O) groups excluding carboxylic acids is 1. The van der Waals surface area contributed by atoms with Crippen molar-refractivity contribution in [3.63, 3.8) is 0 Å². The largest absolute Gasteiger partial charge is 0.489 e. The number of rotatable bonds is 7. The second-order valence-corrected chi connectivity index (χ2v) is 6.87. The van der Waals surface area contributed by atoms with Crippen molar-refractivity contribution < 1.29 is 9.53 Å². The van der Waals surface area contributed by atoms with Crippen molar-refractivity contribution in [2.75, 3.05) is 5.32 Å². The summed E-state index contributed by atoms with van der Waals surface area (Å²) in [4.78, 5) is 12.3. The van der Waals surface area contributed by atoms with Crippen LogP contribution in [0.1, 0.15) is 11.1 Å². The molecule has 31 heavy (non-hydrogen) atoms. The monoisotopic (exact) mass is 411 g/mol. The third kappa shape index (κ3) is 5.42. The minimum absolute atomic E-state index is 0.219. The summed E-state index contributed by atoms with van der Waals surface area (Å²) >= 11 is 0. The number of aryl methyl sites for hydroxylation is 1. The molecule has 0 aliphatic heterocycles. The summed E-state index contributed by atoms with van der Waals surface area (Å²) in [5.74, 6) is 1.19. The van der Waals surface area contributed by atoms with Gasteiger partial charge in [-0.1, -0.05) is 42.5 Å². The SMILES string of the molecule is Cn1nnnc1-c1ccc(NC(=O)/C=C/c2cccc(OCc3ccccc3)c2)cc1. The van der Waals surface area contributed by atoms with Gasteiger partial charge in [0.15, 0.2) is 5.82 Å². The number of nitrogens with one attached hydrogen (secondary N) is 1. The zero-order chi connectivity index (χ0) is 21.5. The normalized spacial score (nSPS) is 10.9. The number of anilines is 1. The van der Waals surface area contributed by atoms with Crippen LogP contribution in [0.5, 0.6) is 5.75 Å². The zero-order valence-electron chi connectivity index (χ0n) is 17.0. The van der Waals surface area contributed by atoms with Crippen LogP contribution in [-0.2, 0) is 18.4 Å². The molecule has 0 aliphatic rings. The minimum Gasteiger partial charge on any atom is -0.489 e. The zero-order valence-corrected chi connectivity index (χ0v) is 17.0. The molecule has 0 radical (unpaired) electrons. The summed E-state index contributed by atoms with van der Waals surface area (Å²) < 4.78 is 7.43. The first-order chi connectivity index (χ1) is 15.2. The van der Waals surface area contributed by atoms with Crippen LogP contribution in [0, 0.1) is 0 Å². The van der Waals surface area contributed by atoms with Crippen LogP contribution in [0.2, 0.25) is 0 Å². The topological polar surface area (TPSA) is 81.9 Å². The van der Waals surface area contributed by atoms with Gasteiger partial charge in [-0.3, -0.25) is 4.79 Å². The second-order valence-electron chi connectivity index (χ2n) is 6.87. The molecule has 1 heterocycles. The summed E-state index contributed by atoms with van der Waals surface area (Å²) in [6, 6.07) is 24.9. The Kier molecular flexibility index (Phi) is 6.13. The Morgan fingerprint density at radius 2 is 1.84 bits per heavy atom. The number of carbonyl (C=O) groups is 1. The smallest absolute Gasteiger partial charge is 0.248 e. The third-order valence-corrected chi connectivity index (χ3v) is 4.56. The molecule has 0 unspecified atom stereocenters. The van der Waals surface area contributed by atoms with Crippen LogP contribution >= 0.6 is 0 Å². The summed E-state index contributed by atoms with van der Waals surface area (Å²) in [6.45, 7) is 0.495. The number of hydrogen-bond donors (Lipinski definition) is 1. The van der Waals surface area contributed by atoms with Crippen molar-refractivity contribution >= 4 is 17.7 Å². The van der Waals surface area contributed by atoms with E-state index in [0.29, 0.717) is 18.1 Å². The molecular weight excluding hydrogens is 390 g/mol. The maximum absolute atomic E-state index is 12.3. The number of benzene rings is 3. The van der Waals surface area contributed by atoms with Gasteiger partial charge in [-0.05, 0) is 64.0 Å². The van der Waals surface area contributed by atoms with Crippen LogP contribution in [0.25, 0.3) is 17.5 Å². The van der Waals surface area contributed by atoms with E-state index in [9.17, 15) is 4.79 Å². The highest BCUT2D eigenvalue weighted by atomic mass is 16.5. The Morgan fingerprint density at radius 1 is 1.03 bits per heavy atom. The summed E-state index contributed by atoms with van der Waals surface area (Å²) in [6.07, 6.45) is 3.25. The average molecular weight is 411 g/mol. The lowest BCUT2D eigenvalue weighted by Crippen LogP contribution is -2.07. The first-order valence-electron chi connectivity index (χ1n) is 9.76. The first kappa shape index (κ1) is 20.0. The van der Waals surface area contributed by atoms with Crippen LogP contribution in [-0.4, -0.2) is 26.1 Å². The molecule has 0 bridgehead atoms. The predicted molar refractivity (Wildman–Crippen MR) is 119 cm³/mol. The maximum atomic E-state index is 12.3. The maximum Gasteiger partial charge on any atom is 0.248 e. The molecule has 4 aromatic rings. The van der Waals surface area contributed by atoms with E-state index in [1.165, 1.54) is 6.08 Å². The van der Waals surface area contributed by atoms with Gasteiger partial charge < -0.3 is 10.1 Å². The van der Waals surface area contributed by atoms with Gasteiger partial charge in [-0.2, -0.15) is 0 Å². The number of aromatic nitrogens is 4. The van der Waals surface area contributed by atoms with E-state index in [2.05, 4.69) is 20.8 Å². The third-order valence-electron chi connectivity index (χ3n) is 4.56. The predicted octanol–water partition coefficient (Wildman–Crippen LogP) is 4.11. The summed E-state index contributed by atoms with van der Waals surface area (Å²) in [5, 5.41) is 14.3. The van der Waals surface area contributed by atoms with Gasteiger partial charge in [-0.15, -0.1) is 5.10 Å². The van der Waals surface area contributed by atoms with E-state index in [1.807, 2.05) is 78.9 Å². The van der Waals surface area contributed by atoms with Gasteiger partial charge in [0.05, 0.1) is 0 Å².